The lowest BCUT2D eigenvalue weighted by Crippen LogP contribution is -2.70. The highest BCUT2D eigenvalue weighted by molar-refractivity contribution is 6.01. The summed E-state index contributed by atoms with van der Waals surface area (Å²) in [4.78, 5) is 39.1. The van der Waals surface area contributed by atoms with E-state index in [1.807, 2.05) is 0 Å². The van der Waals surface area contributed by atoms with Crippen LogP contribution in [0.2, 0.25) is 0 Å². The first-order chi connectivity index (χ1) is 17.8. The summed E-state index contributed by atoms with van der Waals surface area (Å²) in [5, 5.41) is 21.6. The molecule has 0 radical (unpaired) electrons. The molecule has 8 atom stereocenters. The van der Waals surface area contributed by atoms with Crippen LogP contribution < -0.4 is 0 Å². The van der Waals surface area contributed by atoms with Crippen LogP contribution in [-0.2, 0) is 14.3 Å². The molecule has 36 heavy (non-hydrogen) atoms. The number of aliphatic hydroxyl groups is 2. The van der Waals surface area contributed by atoms with E-state index in [2.05, 4.69) is 0 Å². The Morgan fingerprint density at radius 2 is 1.92 bits per heavy atom. The van der Waals surface area contributed by atoms with Gasteiger partial charge in [-0.2, -0.15) is 0 Å². The first-order valence-corrected chi connectivity index (χ1v) is 12.5. The molecular weight excluding hydrogens is 463 g/mol. The van der Waals surface area contributed by atoms with Gasteiger partial charge in [0.15, 0.2) is 17.1 Å². The smallest absolute Gasteiger partial charge is 0.339 e. The van der Waals surface area contributed by atoms with Gasteiger partial charge in [0.25, 0.3) is 0 Å². The van der Waals surface area contributed by atoms with Crippen molar-refractivity contribution < 1.29 is 36.5 Å². The molecule has 3 fully saturated rings. The zero-order chi connectivity index (χ0) is 27.8. The van der Waals surface area contributed by atoms with E-state index in [4.69, 9.17) is 7.48 Å². The van der Waals surface area contributed by atoms with E-state index in [0.717, 1.165) is 0 Å². The highest BCUT2D eigenvalue weighted by Crippen LogP contribution is 2.71. The van der Waals surface area contributed by atoms with Crippen molar-refractivity contribution in [2.45, 2.75) is 63.8 Å². The van der Waals surface area contributed by atoms with E-state index in [-0.39, 0.29) is 18.4 Å². The number of rotatable bonds is 4. The van der Waals surface area contributed by atoms with Gasteiger partial charge in [-0.3, -0.25) is 9.59 Å². The van der Waals surface area contributed by atoms with Gasteiger partial charge in [0.2, 0.25) is 5.78 Å². The number of Topliss-reactive ketones (excluding diaryl/α,β-unsaturated/α-hetero) is 1. The fraction of sp³-hybridized carbons (Fsp3) is 0.552. The minimum atomic E-state index is -2.38. The fourth-order valence-corrected chi connectivity index (χ4v) is 8.11. The van der Waals surface area contributed by atoms with Crippen LogP contribution in [0.15, 0.2) is 54.1 Å². The highest BCUT2D eigenvalue weighted by Gasteiger charge is 2.77. The number of benzene rings is 1. The Kier molecular flexibility index (Phi) is 5.13. The summed E-state index contributed by atoms with van der Waals surface area (Å²) < 4.78 is 40.4. The largest absolute Gasteiger partial charge is 0.446 e. The summed E-state index contributed by atoms with van der Waals surface area (Å²) in [5.41, 5.74) is -6.46. The molecule has 0 saturated heterocycles. The van der Waals surface area contributed by atoms with E-state index in [1.54, 1.807) is 44.2 Å². The Balaban J connectivity index is 1.63. The van der Waals surface area contributed by atoms with Crippen molar-refractivity contribution in [1.82, 2.24) is 0 Å². The molecule has 0 aliphatic heterocycles. The number of halogens is 1. The SMILES string of the molecule is [3H]C1=C([3H])[C@@]2(C)C(=CC1=O)CC[C@H]1[C@@H]3C[C@H](C)[C@](OC(=O)c4ccccc4)(C(=O)CO)[C@@]3(C)C[C@H](O)[C@@]12F. The number of carbonyl (C=O) groups excluding carboxylic acids is 3. The molecule has 0 heterocycles. The van der Waals surface area contributed by atoms with Crippen LogP contribution in [-0.4, -0.2) is 51.7 Å². The summed E-state index contributed by atoms with van der Waals surface area (Å²) >= 11 is 0. The van der Waals surface area contributed by atoms with Gasteiger partial charge in [0, 0.05) is 22.7 Å². The number of ether oxygens (including phenoxy) is 1. The van der Waals surface area contributed by atoms with Crippen LogP contribution in [0.3, 0.4) is 0 Å². The van der Waals surface area contributed by atoms with Gasteiger partial charge < -0.3 is 14.9 Å². The molecule has 0 aromatic heterocycles. The van der Waals surface area contributed by atoms with Gasteiger partial charge in [-0.05, 0) is 62.8 Å². The number of esters is 1. The Hall–Kier alpha value is -2.64. The Morgan fingerprint density at radius 3 is 2.58 bits per heavy atom. The van der Waals surface area contributed by atoms with Crippen molar-refractivity contribution in [3.63, 3.8) is 0 Å². The normalized spacial score (nSPS) is 44.5. The van der Waals surface area contributed by atoms with Crippen molar-refractivity contribution in [2.75, 3.05) is 6.61 Å². The molecule has 2 N–H and O–H groups in total. The van der Waals surface area contributed by atoms with Gasteiger partial charge >= 0.3 is 5.97 Å². The van der Waals surface area contributed by atoms with Crippen molar-refractivity contribution in [1.29, 1.82) is 0 Å². The number of fused-ring (bicyclic) bond motifs is 5. The molecule has 3 saturated carbocycles. The molecule has 192 valence electrons. The molecular formula is C29H33FO6. The molecule has 0 unspecified atom stereocenters. The average Bonchev–Trinajstić information content (AvgIpc) is 3.11. The van der Waals surface area contributed by atoms with Crippen LogP contribution in [0.1, 0.15) is 59.6 Å². The summed E-state index contributed by atoms with van der Waals surface area (Å²) in [6, 6.07) is 7.14. The first-order valence-electron chi connectivity index (χ1n) is 13.5. The summed E-state index contributed by atoms with van der Waals surface area (Å²) in [6.07, 6.45) is 0.137. The zero-order valence-electron chi connectivity index (χ0n) is 22.7. The molecule has 4 aliphatic rings. The number of allylic oxidation sites excluding steroid dienone is 4. The zero-order valence-corrected chi connectivity index (χ0v) is 20.7. The maximum atomic E-state index is 17.6. The van der Waals surface area contributed by atoms with Gasteiger partial charge in [0.1, 0.15) is 6.61 Å². The second-order valence-corrected chi connectivity index (χ2v) is 11.3. The summed E-state index contributed by atoms with van der Waals surface area (Å²) in [5.74, 6) is -4.05. The summed E-state index contributed by atoms with van der Waals surface area (Å²) in [7, 11) is 0. The van der Waals surface area contributed by atoms with Crippen LogP contribution in [0, 0.1) is 28.6 Å². The monoisotopic (exact) mass is 500 g/mol. The number of carbonyl (C=O) groups is 3. The minimum absolute atomic E-state index is 0.229. The third-order valence-electron chi connectivity index (χ3n) is 9.79. The number of hydrogen-bond donors (Lipinski definition) is 2. The summed E-state index contributed by atoms with van der Waals surface area (Å²) in [6.45, 7) is 4.07. The lowest BCUT2D eigenvalue weighted by Gasteiger charge is -2.62. The van der Waals surface area contributed by atoms with Crippen LogP contribution in [0.4, 0.5) is 4.39 Å². The second kappa shape index (κ2) is 8.18. The van der Waals surface area contributed by atoms with E-state index in [9.17, 15) is 24.6 Å². The first kappa shape index (κ1) is 22.5. The van der Waals surface area contributed by atoms with E-state index in [0.29, 0.717) is 18.4 Å². The second-order valence-electron chi connectivity index (χ2n) is 11.3. The maximum absolute atomic E-state index is 17.6. The third-order valence-corrected chi connectivity index (χ3v) is 9.79. The molecule has 0 amide bonds. The number of aliphatic hydroxyl groups excluding tert-OH is 2. The molecule has 7 heteroatoms. The standard InChI is InChI=1S/C29H33FO6/c1-17-13-22-21-10-9-19-14-20(32)11-12-26(19,2)28(21,30)23(33)15-27(22,3)29(17,24(34)16-31)36-25(35)18-7-5-4-6-8-18/h4-8,11-12,14,17,21-23,31,33H,9-10,13,15-16H2,1-3H3/t17-,21-,22-,23-,26-,27-,28-,29-/m0/s1/i11T,12T. The quantitative estimate of drug-likeness (QED) is 0.611. The van der Waals surface area contributed by atoms with Crippen molar-refractivity contribution in [3.8, 4) is 0 Å². The predicted molar refractivity (Wildman–Crippen MR) is 130 cm³/mol. The molecule has 5 rings (SSSR count). The lowest BCUT2D eigenvalue weighted by atomic mass is 9.44. The molecule has 0 bridgehead atoms. The predicted octanol–water partition coefficient (Wildman–Crippen LogP) is 3.76. The highest BCUT2D eigenvalue weighted by atomic mass is 19.1. The number of hydrogen-bond acceptors (Lipinski definition) is 6. The Labute approximate surface area is 213 Å². The van der Waals surface area contributed by atoms with Crippen LogP contribution in [0.5, 0.6) is 0 Å². The molecule has 6 nitrogen and oxygen atoms in total. The number of ketones is 2. The van der Waals surface area contributed by atoms with Crippen molar-refractivity contribution >= 4 is 17.5 Å². The van der Waals surface area contributed by atoms with Gasteiger partial charge in [-0.25, -0.2) is 9.18 Å². The lowest BCUT2D eigenvalue weighted by molar-refractivity contribution is -0.219. The maximum Gasteiger partial charge on any atom is 0.339 e. The van der Waals surface area contributed by atoms with Gasteiger partial charge in [0.05, 0.1) is 14.4 Å². The topological polar surface area (TPSA) is 101 Å². The van der Waals surface area contributed by atoms with Gasteiger partial charge in [-0.15, -0.1) is 0 Å². The third kappa shape index (κ3) is 2.99. The number of alkyl halides is 1. The molecule has 1 aromatic rings. The molecule has 4 aliphatic carbocycles. The van der Waals surface area contributed by atoms with Crippen molar-refractivity contribution in [2.24, 2.45) is 28.6 Å². The van der Waals surface area contributed by atoms with Gasteiger partial charge in [-0.1, -0.05) is 43.7 Å². The minimum Gasteiger partial charge on any atom is -0.446 e. The van der Waals surface area contributed by atoms with Crippen molar-refractivity contribution in [3.05, 3.63) is 59.6 Å². The Morgan fingerprint density at radius 1 is 1.22 bits per heavy atom. The fourth-order valence-electron chi connectivity index (χ4n) is 8.11. The Bertz CT molecular complexity index is 1280. The van der Waals surface area contributed by atoms with E-state index in [1.165, 1.54) is 13.0 Å². The average molecular weight is 501 g/mol. The molecule has 0 spiro atoms. The van der Waals surface area contributed by atoms with Crippen LogP contribution >= 0.6 is 0 Å². The van der Waals surface area contributed by atoms with E-state index < -0.39 is 82.2 Å². The van der Waals surface area contributed by atoms with E-state index >= 15 is 4.39 Å². The molecule has 1 aromatic carbocycles. The van der Waals surface area contributed by atoms with Crippen LogP contribution in [0.25, 0.3) is 0 Å².